The monoisotopic (exact) mass is 458 g/mol. The first-order valence-corrected chi connectivity index (χ1v) is 13.4. The van der Waals surface area contributed by atoms with Gasteiger partial charge in [0.25, 0.3) is 0 Å². The number of carbonyl (C=O) groups excluding carboxylic acids is 1. The minimum atomic E-state index is -0.443. The molecule has 0 radical (unpaired) electrons. The maximum atomic E-state index is 11.8. The third-order valence-electron chi connectivity index (χ3n) is 9.84. The summed E-state index contributed by atoms with van der Waals surface area (Å²) < 4.78 is 12.3. The number of ether oxygens (including phenoxy) is 2. The van der Waals surface area contributed by atoms with E-state index < -0.39 is 6.09 Å². The van der Waals surface area contributed by atoms with E-state index in [-0.39, 0.29) is 11.7 Å². The van der Waals surface area contributed by atoms with Gasteiger partial charge in [0.05, 0.1) is 11.8 Å². The number of rotatable bonds is 4. The van der Waals surface area contributed by atoms with Gasteiger partial charge in [-0.1, -0.05) is 30.7 Å². The van der Waals surface area contributed by atoms with E-state index in [1.807, 2.05) is 6.92 Å². The van der Waals surface area contributed by atoms with E-state index in [0.717, 1.165) is 50.3 Å². The molecule has 6 heteroatoms. The van der Waals surface area contributed by atoms with Crippen LogP contribution in [0.4, 0.5) is 4.79 Å². The Balaban J connectivity index is 1.28. The van der Waals surface area contributed by atoms with E-state index >= 15 is 0 Å². The Morgan fingerprint density at radius 3 is 2.76 bits per heavy atom. The van der Waals surface area contributed by atoms with Crippen molar-refractivity contribution in [1.82, 2.24) is 5.32 Å². The molecule has 0 aromatic rings. The fourth-order valence-corrected chi connectivity index (χ4v) is 7.99. The fourth-order valence-electron chi connectivity index (χ4n) is 7.99. The number of nitrogens with zero attached hydrogens (tertiary/aromatic N) is 1. The zero-order chi connectivity index (χ0) is 23.1. The van der Waals surface area contributed by atoms with Crippen molar-refractivity contribution in [3.05, 3.63) is 11.6 Å². The predicted octanol–water partition coefficient (Wildman–Crippen LogP) is 5.96. The average Bonchev–Trinajstić information content (AvgIpc) is 3.15. The zero-order valence-corrected chi connectivity index (χ0v) is 20.7. The lowest BCUT2D eigenvalue weighted by molar-refractivity contribution is -0.195. The second kappa shape index (κ2) is 9.33. The van der Waals surface area contributed by atoms with Crippen molar-refractivity contribution in [3.8, 4) is 0 Å². The minimum Gasteiger partial charge on any atom is -0.353 e. The number of amides is 1. The summed E-state index contributed by atoms with van der Waals surface area (Å²) >= 11 is 0. The van der Waals surface area contributed by atoms with Crippen LogP contribution in [0.25, 0.3) is 0 Å². The lowest BCUT2D eigenvalue weighted by Gasteiger charge is -2.57. The highest BCUT2D eigenvalue weighted by molar-refractivity contribution is 5.92. The number of carbonyl (C=O) groups is 1. The molecule has 4 fully saturated rings. The van der Waals surface area contributed by atoms with Crippen LogP contribution >= 0.6 is 0 Å². The van der Waals surface area contributed by atoms with Gasteiger partial charge in [0.1, 0.15) is 0 Å². The highest BCUT2D eigenvalue weighted by Gasteiger charge is 2.58. The Morgan fingerprint density at radius 2 is 1.97 bits per heavy atom. The molecule has 184 valence electrons. The van der Waals surface area contributed by atoms with Crippen LogP contribution in [-0.2, 0) is 14.3 Å². The normalized spacial score (nSPS) is 43.8. The number of hydrogen-bond donors (Lipinski definition) is 1. The summed E-state index contributed by atoms with van der Waals surface area (Å²) in [5, 5.41) is 7.03. The Hall–Kier alpha value is -1.40. The second-order valence-corrected chi connectivity index (χ2v) is 11.5. The first-order chi connectivity index (χ1) is 15.9. The first-order valence-electron chi connectivity index (χ1n) is 13.4. The molecule has 0 spiro atoms. The predicted molar refractivity (Wildman–Crippen MR) is 128 cm³/mol. The molecule has 7 atom stereocenters. The molecule has 1 amide bonds. The average molecular weight is 459 g/mol. The van der Waals surface area contributed by atoms with Gasteiger partial charge in [0.15, 0.2) is 6.29 Å². The first kappa shape index (κ1) is 23.3. The third kappa shape index (κ3) is 4.27. The van der Waals surface area contributed by atoms with E-state index in [4.69, 9.17) is 14.3 Å². The topological polar surface area (TPSA) is 69.2 Å². The van der Waals surface area contributed by atoms with Crippen LogP contribution in [0.2, 0.25) is 0 Å². The maximum Gasteiger partial charge on any atom is 0.433 e. The quantitative estimate of drug-likeness (QED) is 0.320. The summed E-state index contributed by atoms with van der Waals surface area (Å²) in [6.07, 6.45) is 15.0. The summed E-state index contributed by atoms with van der Waals surface area (Å²) in [5.41, 5.74) is 3.11. The molecule has 0 aromatic carbocycles. The lowest BCUT2D eigenvalue weighted by atomic mass is 9.48. The molecule has 0 bridgehead atoms. The van der Waals surface area contributed by atoms with Crippen molar-refractivity contribution < 1.29 is 19.1 Å². The van der Waals surface area contributed by atoms with Crippen LogP contribution in [0.1, 0.15) is 91.4 Å². The molecule has 6 nitrogen and oxygen atoms in total. The molecule has 1 saturated heterocycles. The van der Waals surface area contributed by atoms with Crippen LogP contribution in [0, 0.1) is 28.6 Å². The molecule has 1 aliphatic heterocycles. The molecule has 1 N–H and O–H groups in total. The molecule has 5 aliphatic rings. The van der Waals surface area contributed by atoms with Crippen LogP contribution in [0.5, 0.6) is 0 Å². The lowest BCUT2D eigenvalue weighted by Crippen LogP contribution is -2.50. The SMILES string of the molecule is CCNC(=O)O/N=C1/CC[C@H]2[C@@H]3CC=C4C[C@@H](O[C@@H]5CCCCO5)CC[C@]4(C)[C@H]3CC[C@]12C. The summed E-state index contributed by atoms with van der Waals surface area (Å²) in [7, 11) is 0. The van der Waals surface area contributed by atoms with Crippen molar-refractivity contribution in [2.24, 2.45) is 33.7 Å². The molecule has 1 heterocycles. The molecular formula is C27H42N2O4. The number of fused-ring (bicyclic) bond motifs is 5. The summed E-state index contributed by atoms with van der Waals surface area (Å²) in [6, 6.07) is 0. The summed E-state index contributed by atoms with van der Waals surface area (Å²) in [5.74, 6) is 2.08. The molecule has 3 saturated carbocycles. The Bertz CT molecular complexity index is 804. The molecule has 5 rings (SSSR count). The van der Waals surface area contributed by atoms with Crippen LogP contribution in [0.15, 0.2) is 16.8 Å². The zero-order valence-electron chi connectivity index (χ0n) is 20.7. The molecule has 0 unspecified atom stereocenters. The molecular weight excluding hydrogens is 416 g/mol. The number of nitrogens with one attached hydrogen (secondary N) is 1. The number of allylic oxidation sites excluding steroid dienone is 1. The Morgan fingerprint density at radius 1 is 1.15 bits per heavy atom. The van der Waals surface area contributed by atoms with Crippen LogP contribution in [0.3, 0.4) is 0 Å². The van der Waals surface area contributed by atoms with Crippen molar-refractivity contribution >= 4 is 11.8 Å². The van der Waals surface area contributed by atoms with Gasteiger partial charge in [-0.15, -0.1) is 0 Å². The smallest absolute Gasteiger partial charge is 0.353 e. The van der Waals surface area contributed by atoms with Gasteiger partial charge in [-0.05, 0) is 101 Å². The van der Waals surface area contributed by atoms with Crippen molar-refractivity contribution in [2.75, 3.05) is 13.2 Å². The van der Waals surface area contributed by atoms with Gasteiger partial charge < -0.3 is 14.8 Å². The van der Waals surface area contributed by atoms with E-state index in [0.29, 0.717) is 29.9 Å². The highest BCUT2D eigenvalue weighted by atomic mass is 16.7. The van der Waals surface area contributed by atoms with Crippen molar-refractivity contribution in [1.29, 1.82) is 0 Å². The van der Waals surface area contributed by atoms with Crippen molar-refractivity contribution in [2.45, 2.75) is 104 Å². The standard InChI is InChI=1S/C27H42N2O4/c1-4-28-25(30)33-29-23-11-10-21-20-9-8-18-17-19(32-24-7-5-6-16-31-24)12-14-26(18,2)22(20)13-15-27(21,23)3/h8,19-22,24H,4-7,9-17H2,1-3H3,(H,28,30)/b29-23-/t19-,20-,21-,22-,24+,26-,27-/m0/s1. The van der Waals surface area contributed by atoms with Gasteiger partial charge in [-0.3, -0.25) is 4.84 Å². The number of hydrogen-bond acceptors (Lipinski definition) is 5. The van der Waals surface area contributed by atoms with Gasteiger partial charge in [-0.25, -0.2) is 4.79 Å². The Kier molecular flexibility index (Phi) is 6.60. The van der Waals surface area contributed by atoms with E-state index in [1.54, 1.807) is 5.57 Å². The van der Waals surface area contributed by atoms with E-state index in [2.05, 4.69) is 30.4 Å². The van der Waals surface area contributed by atoms with Gasteiger partial charge >= 0.3 is 6.09 Å². The minimum absolute atomic E-state index is 0.0123. The summed E-state index contributed by atoms with van der Waals surface area (Å²) in [6.45, 7) is 8.20. The van der Waals surface area contributed by atoms with Crippen LogP contribution < -0.4 is 5.32 Å². The maximum absolute atomic E-state index is 11.8. The largest absolute Gasteiger partial charge is 0.433 e. The van der Waals surface area contributed by atoms with Gasteiger partial charge in [0, 0.05) is 18.6 Å². The van der Waals surface area contributed by atoms with E-state index in [9.17, 15) is 4.79 Å². The third-order valence-corrected chi connectivity index (χ3v) is 9.84. The molecule has 0 aromatic heterocycles. The van der Waals surface area contributed by atoms with E-state index in [1.165, 1.54) is 38.5 Å². The Labute approximate surface area is 198 Å². The second-order valence-electron chi connectivity index (χ2n) is 11.5. The fraction of sp³-hybridized carbons (Fsp3) is 0.852. The van der Waals surface area contributed by atoms with Crippen LogP contribution in [-0.4, -0.2) is 37.4 Å². The molecule has 4 aliphatic carbocycles. The summed E-state index contributed by atoms with van der Waals surface area (Å²) in [4.78, 5) is 17.0. The highest BCUT2D eigenvalue weighted by Crippen LogP contribution is 2.64. The van der Waals surface area contributed by atoms with Gasteiger partial charge in [-0.2, -0.15) is 0 Å². The number of oxime groups is 1. The van der Waals surface area contributed by atoms with Crippen molar-refractivity contribution in [3.63, 3.8) is 0 Å². The molecule has 33 heavy (non-hydrogen) atoms. The van der Waals surface area contributed by atoms with Gasteiger partial charge in [0.2, 0.25) is 0 Å².